The summed E-state index contributed by atoms with van der Waals surface area (Å²) in [5, 5.41) is 12.2. The summed E-state index contributed by atoms with van der Waals surface area (Å²) in [5.41, 5.74) is 0.986. The van der Waals surface area contributed by atoms with Crippen LogP contribution in [0.4, 0.5) is 0 Å². The van der Waals surface area contributed by atoms with Gasteiger partial charge < -0.3 is 34.1 Å². The van der Waals surface area contributed by atoms with Gasteiger partial charge in [-0.2, -0.15) is 0 Å². The van der Waals surface area contributed by atoms with Crippen molar-refractivity contribution in [2.75, 3.05) is 86.6 Å². The Morgan fingerprint density at radius 3 is 2.48 bits per heavy atom. The van der Waals surface area contributed by atoms with Crippen LogP contribution >= 0.6 is 0 Å². The van der Waals surface area contributed by atoms with Crippen molar-refractivity contribution in [2.45, 2.75) is 25.5 Å². The van der Waals surface area contributed by atoms with Crippen LogP contribution in [0.5, 0.6) is 0 Å². The number of hydrogen-bond acceptors (Lipinski definition) is 8. The highest BCUT2D eigenvalue weighted by Crippen LogP contribution is 2.15. The van der Waals surface area contributed by atoms with Crippen molar-refractivity contribution in [3.05, 3.63) is 36.1 Å². The topological polar surface area (TPSA) is 81.7 Å². The highest BCUT2D eigenvalue weighted by atomic mass is 16.6. The molecule has 1 aliphatic rings. The first-order valence-electron chi connectivity index (χ1n) is 11.1. The average molecular weight is 443 g/mol. The van der Waals surface area contributed by atoms with Crippen molar-refractivity contribution in [2.24, 2.45) is 0 Å². The van der Waals surface area contributed by atoms with Crippen molar-refractivity contribution >= 4 is 0 Å². The number of allylic oxidation sites excluding steroid dienone is 2. The van der Waals surface area contributed by atoms with Gasteiger partial charge in [0.2, 0.25) is 0 Å². The summed E-state index contributed by atoms with van der Waals surface area (Å²) in [6.45, 7) is 12.7. The van der Waals surface area contributed by atoms with Crippen LogP contribution in [-0.4, -0.2) is 109 Å². The lowest BCUT2D eigenvalue weighted by molar-refractivity contribution is -0.0136. The highest BCUT2D eigenvalue weighted by molar-refractivity contribution is 5.27. The van der Waals surface area contributed by atoms with Crippen LogP contribution in [0.15, 0.2) is 36.1 Å². The summed E-state index contributed by atoms with van der Waals surface area (Å²) >= 11 is 0. The zero-order valence-electron chi connectivity index (χ0n) is 19.5. The summed E-state index contributed by atoms with van der Waals surface area (Å²) in [6, 6.07) is 0.146. The van der Waals surface area contributed by atoms with Gasteiger partial charge in [-0.05, 0) is 38.1 Å². The Kier molecular flexibility index (Phi) is 16.4. The fourth-order valence-corrected chi connectivity index (χ4v) is 3.19. The number of ether oxygens (including phenoxy) is 5. The molecule has 8 heteroatoms. The molecular weight excluding hydrogens is 400 g/mol. The van der Waals surface area contributed by atoms with Crippen molar-refractivity contribution in [1.82, 2.24) is 10.2 Å². The number of rotatable bonds is 19. The quantitative estimate of drug-likeness (QED) is 0.176. The van der Waals surface area contributed by atoms with Gasteiger partial charge in [0.05, 0.1) is 52.4 Å². The van der Waals surface area contributed by atoms with Crippen LogP contribution in [0, 0.1) is 0 Å². The lowest BCUT2D eigenvalue weighted by Gasteiger charge is -2.24. The third-order valence-electron chi connectivity index (χ3n) is 4.96. The molecule has 31 heavy (non-hydrogen) atoms. The molecule has 8 nitrogen and oxygen atoms in total. The lowest BCUT2D eigenvalue weighted by Crippen LogP contribution is -2.39. The Morgan fingerprint density at radius 2 is 1.84 bits per heavy atom. The van der Waals surface area contributed by atoms with Crippen LogP contribution < -0.4 is 5.32 Å². The van der Waals surface area contributed by atoms with E-state index in [2.05, 4.69) is 16.8 Å². The smallest absolute Gasteiger partial charge is 0.115 e. The molecule has 0 aliphatic carbocycles. The molecule has 0 amide bonds. The van der Waals surface area contributed by atoms with Gasteiger partial charge in [-0.15, -0.1) is 0 Å². The van der Waals surface area contributed by atoms with E-state index < -0.39 is 0 Å². The molecule has 0 saturated carbocycles. The molecule has 0 aromatic heterocycles. The van der Waals surface area contributed by atoms with Crippen LogP contribution in [0.3, 0.4) is 0 Å². The lowest BCUT2D eigenvalue weighted by atomic mass is 10.1. The highest BCUT2D eigenvalue weighted by Gasteiger charge is 2.25. The number of likely N-dealkylation sites (tertiary alicyclic amines) is 1. The van der Waals surface area contributed by atoms with Gasteiger partial charge in [-0.1, -0.05) is 12.7 Å². The molecule has 2 atom stereocenters. The van der Waals surface area contributed by atoms with E-state index >= 15 is 0 Å². The predicted octanol–water partition coefficient (Wildman–Crippen LogP) is 1.37. The first-order chi connectivity index (χ1) is 15.1. The Morgan fingerprint density at radius 1 is 1.13 bits per heavy atom. The maximum Gasteiger partial charge on any atom is 0.115 e. The van der Waals surface area contributed by atoms with Crippen molar-refractivity contribution in [1.29, 1.82) is 0 Å². The van der Waals surface area contributed by atoms with Crippen LogP contribution in [0.1, 0.15) is 13.3 Å². The predicted molar refractivity (Wildman–Crippen MR) is 122 cm³/mol. The number of nitrogens with one attached hydrogen (secondary N) is 1. The Bertz CT molecular complexity index is 526. The molecule has 2 N–H and O–H groups in total. The zero-order valence-corrected chi connectivity index (χ0v) is 19.5. The molecule has 1 aliphatic heterocycles. The molecular formula is C23H42N2O6. The molecule has 1 rings (SSSR count). The number of likely N-dealkylation sites (N-methyl/N-ethyl adjacent to an activating group) is 1. The van der Waals surface area contributed by atoms with Gasteiger partial charge in [-0.25, -0.2) is 0 Å². The van der Waals surface area contributed by atoms with E-state index in [0.717, 1.165) is 37.4 Å². The van der Waals surface area contributed by atoms with E-state index in [0.29, 0.717) is 39.6 Å². The summed E-state index contributed by atoms with van der Waals surface area (Å²) in [4.78, 5) is 2.40. The molecule has 1 fully saturated rings. The molecule has 1 heterocycles. The van der Waals surface area contributed by atoms with E-state index in [1.54, 1.807) is 7.11 Å². The summed E-state index contributed by atoms with van der Waals surface area (Å²) in [5.74, 6) is 0.725. The first-order valence-corrected chi connectivity index (χ1v) is 11.1. The second kappa shape index (κ2) is 18.3. The number of aliphatic hydroxyl groups excluding tert-OH is 1. The summed E-state index contributed by atoms with van der Waals surface area (Å²) in [6.07, 6.45) is 6.99. The van der Waals surface area contributed by atoms with Gasteiger partial charge in [-0.3, -0.25) is 4.90 Å². The van der Waals surface area contributed by atoms with E-state index in [1.807, 2.05) is 32.2 Å². The largest absolute Gasteiger partial charge is 0.492 e. The van der Waals surface area contributed by atoms with Gasteiger partial charge >= 0.3 is 0 Å². The normalized spacial score (nSPS) is 18.7. The fraction of sp³-hybridized carbons (Fsp3) is 0.739. The van der Waals surface area contributed by atoms with Gasteiger partial charge in [0.1, 0.15) is 12.4 Å². The number of methoxy groups -OCH3 is 1. The minimum atomic E-state index is -0.00110. The third kappa shape index (κ3) is 13.0. The minimum absolute atomic E-state index is 0.00110. The standard InChI is InChI=1S/C23H42N2O6/c1-5-21(30-11-10-26)7-6-20(2)23(24-3)19-25-9-8-22(18-25)31-17-16-29-15-14-28-13-12-27-4/h5-7,22-24,26H,2,8-19H2,1,3-4H3/b7-6-,21-5+/t22-,23+/m0/s1. The van der Waals surface area contributed by atoms with E-state index in [1.165, 1.54) is 0 Å². The van der Waals surface area contributed by atoms with Gasteiger partial charge in [0, 0.05) is 32.8 Å². The molecule has 1 saturated heterocycles. The fourth-order valence-electron chi connectivity index (χ4n) is 3.19. The zero-order chi connectivity index (χ0) is 22.7. The molecule has 0 aromatic rings. The number of aliphatic hydroxyl groups is 1. The van der Waals surface area contributed by atoms with Crippen molar-refractivity contribution in [3.8, 4) is 0 Å². The van der Waals surface area contributed by atoms with Crippen LogP contribution in [-0.2, 0) is 23.7 Å². The Labute approximate surface area is 187 Å². The van der Waals surface area contributed by atoms with Crippen molar-refractivity contribution < 1.29 is 28.8 Å². The molecule has 0 aromatic carbocycles. The maximum atomic E-state index is 8.89. The molecule has 0 radical (unpaired) electrons. The van der Waals surface area contributed by atoms with E-state index in [4.69, 9.17) is 28.8 Å². The molecule has 180 valence electrons. The third-order valence-corrected chi connectivity index (χ3v) is 4.96. The van der Waals surface area contributed by atoms with E-state index in [9.17, 15) is 0 Å². The maximum absolute atomic E-state index is 8.89. The summed E-state index contributed by atoms with van der Waals surface area (Å²) in [7, 11) is 3.61. The average Bonchev–Trinajstić information content (AvgIpc) is 3.23. The van der Waals surface area contributed by atoms with E-state index in [-0.39, 0.29) is 25.4 Å². The monoisotopic (exact) mass is 442 g/mol. The number of hydrogen-bond donors (Lipinski definition) is 2. The number of nitrogens with zero attached hydrogens (tertiary/aromatic N) is 1. The first kappa shape index (κ1) is 27.8. The Hall–Kier alpha value is -1.26. The minimum Gasteiger partial charge on any atom is -0.492 e. The van der Waals surface area contributed by atoms with Crippen molar-refractivity contribution in [3.63, 3.8) is 0 Å². The Balaban J connectivity index is 2.22. The summed E-state index contributed by atoms with van der Waals surface area (Å²) < 4.78 is 27.2. The van der Waals surface area contributed by atoms with Crippen LogP contribution in [0.25, 0.3) is 0 Å². The second-order valence-electron chi connectivity index (χ2n) is 7.27. The second-order valence-corrected chi connectivity index (χ2v) is 7.27. The van der Waals surface area contributed by atoms with Gasteiger partial charge in [0.15, 0.2) is 0 Å². The molecule has 0 bridgehead atoms. The molecule has 0 unspecified atom stereocenters. The SMILES string of the molecule is C=C(/C=C\C(=C/C)OCCO)[C@@H](CN1CC[C@H](OCCOCCOCCOC)C1)NC. The van der Waals surface area contributed by atoms with Gasteiger partial charge in [0.25, 0.3) is 0 Å². The van der Waals surface area contributed by atoms with Crippen LogP contribution in [0.2, 0.25) is 0 Å². The molecule has 0 spiro atoms.